The van der Waals surface area contributed by atoms with Crippen LogP contribution >= 0.6 is 47.8 Å². The number of halogens is 3. The number of alkyl halides is 1. The molecule has 0 unspecified atom stereocenters. The summed E-state index contributed by atoms with van der Waals surface area (Å²) in [6.45, 7) is 2.53. The maximum Gasteiger partial charge on any atom is 0.337 e. The van der Waals surface area contributed by atoms with Crippen LogP contribution in [0.2, 0.25) is 0 Å². The lowest BCUT2D eigenvalue weighted by molar-refractivity contribution is 0.0592. The summed E-state index contributed by atoms with van der Waals surface area (Å²) in [7, 11) is -0.219. The zero-order valence-corrected chi connectivity index (χ0v) is 37.2. The second-order valence-electron chi connectivity index (χ2n) is 13.0. The van der Waals surface area contributed by atoms with Crippen molar-refractivity contribution in [3.63, 3.8) is 0 Å². The van der Waals surface area contributed by atoms with E-state index in [4.69, 9.17) is 4.74 Å². The number of piperidine rings is 1. The highest BCUT2D eigenvalue weighted by Gasteiger charge is 2.26. The van der Waals surface area contributed by atoms with Crippen LogP contribution < -0.4 is 10.2 Å². The summed E-state index contributed by atoms with van der Waals surface area (Å²) in [5, 5.41) is 3.54. The summed E-state index contributed by atoms with van der Waals surface area (Å²) in [6, 6.07) is 29.2. The average molecular weight is 1010 g/mol. The molecule has 2 heterocycles. The van der Waals surface area contributed by atoms with Crippen molar-refractivity contribution in [2.24, 2.45) is 0 Å². The number of carbonyl (C=O) groups is 4. The van der Waals surface area contributed by atoms with Crippen molar-refractivity contribution in [2.45, 2.75) is 38.6 Å². The lowest BCUT2D eigenvalue weighted by Gasteiger charge is -2.33. The molecule has 0 spiro atoms. The van der Waals surface area contributed by atoms with Crippen LogP contribution in [0.5, 0.6) is 0 Å². The lowest BCUT2D eigenvalue weighted by atomic mass is 10.1. The molecule has 16 heteroatoms. The first kappa shape index (κ1) is 48.1. The molecule has 4 aromatic rings. The molecule has 0 atom stereocenters. The van der Waals surface area contributed by atoms with Gasteiger partial charge >= 0.3 is 24.0 Å². The second-order valence-corrected chi connectivity index (χ2v) is 17.7. The van der Waals surface area contributed by atoms with Gasteiger partial charge in [0.15, 0.2) is 9.84 Å². The summed E-state index contributed by atoms with van der Waals surface area (Å²) in [4.78, 5) is 52.9. The van der Waals surface area contributed by atoms with Gasteiger partial charge in [-0.2, -0.15) is 0 Å². The van der Waals surface area contributed by atoms with Gasteiger partial charge in [-0.05, 0) is 91.1 Å². The smallest absolute Gasteiger partial charge is 0.337 e. The molecule has 6 rings (SSSR count). The Labute approximate surface area is 366 Å². The van der Waals surface area contributed by atoms with Crippen molar-refractivity contribution in [2.75, 3.05) is 62.1 Å². The lowest BCUT2D eigenvalue weighted by Crippen LogP contribution is -2.45. The summed E-state index contributed by atoms with van der Waals surface area (Å²) >= 11 is 10.1. The van der Waals surface area contributed by atoms with Gasteiger partial charge < -0.3 is 24.6 Å². The van der Waals surface area contributed by atoms with E-state index in [9.17, 15) is 27.6 Å². The third-order valence-corrected chi connectivity index (χ3v) is 12.2. The molecule has 312 valence electrons. The summed E-state index contributed by atoms with van der Waals surface area (Å²) < 4.78 is 33.6. The van der Waals surface area contributed by atoms with Crippen molar-refractivity contribution in [3.05, 3.63) is 128 Å². The fourth-order valence-corrected chi connectivity index (χ4v) is 8.11. The van der Waals surface area contributed by atoms with Crippen molar-refractivity contribution >= 4 is 93.0 Å². The van der Waals surface area contributed by atoms with Gasteiger partial charge in [-0.3, -0.25) is 4.90 Å². The molecule has 1 N–H and O–H groups in total. The maximum atomic E-state index is 13.2. The number of sulfone groups is 1. The topological polar surface area (TPSA) is 143 Å². The largest absolute Gasteiger partial charge is 0.465 e. The molecule has 0 aromatic heterocycles. The Morgan fingerprint density at radius 1 is 0.690 bits per heavy atom. The Morgan fingerprint density at radius 3 is 1.71 bits per heavy atom. The molecule has 0 aliphatic carbocycles. The van der Waals surface area contributed by atoms with Gasteiger partial charge in [0.25, 0.3) is 0 Å². The first-order valence-corrected chi connectivity index (χ1v) is 22.6. The number of rotatable bonds is 7. The van der Waals surface area contributed by atoms with Gasteiger partial charge in [0.05, 0.1) is 43.4 Å². The van der Waals surface area contributed by atoms with Crippen molar-refractivity contribution < 1.29 is 37.1 Å². The predicted octanol–water partition coefficient (Wildman–Crippen LogP) is 9.56. The standard InChI is InChI=1S/C21H23BrN2O3.C11H13BrN2O3S.C9H9BrO2.CH4/c1-27-20(25)17-10-8-16(9-11-17)15-24(19-7-5-6-18(22)14-19)21(26)23-12-3-2-4-13-23;12-9-2-1-3-10(8-9)13-11(15)14-4-6-18(16,17)7-5-14;1-12-9(11)8-4-2-7(6-10)3-5-8;/h5-11,14H,2-4,12-13,15H2,1H3;1-3,8H,4-7H2,(H,13,15);2-5H,6H2,1H3;1H4. The Hall–Kier alpha value is -4.25. The minimum Gasteiger partial charge on any atom is -0.465 e. The fourth-order valence-electron chi connectivity index (χ4n) is 5.75. The van der Waals surface area contributed by atoms with E-state index < -0.39 is 9.84 Å². The first-order valence-electron chi connectivity index (χ1n) is 18.1. The monoisotopic (exact) mass is 1010 g/mol. The molecular weight excluding hydrogens is 960 g/mol. The molecule has 0 saturated carbocycles. The van der Waals surface area contributed by atoms with E-state index >= 15 is 0 Å². The van der Waals surface area contributed by atoms with Crippen LogP contribution in [0.1, 0.15) is 58.5 Å². The fraction of sp³-hybridized carbons (Fsp3) is 0.333. The molecular formula is C42H49Br3N4O8S. The number of urea groups is 2. The number of esters is 2. The number of hydrogen-bond acceptors (Lipinski definition) is 8. The molecule has 58 heavy (non-hydrogen) atoms. The Morgan fingerprint density at radius 2 is 1.21 bits per heavy atom. The van der Waals surface area contributed by atoms with Crippen LogP contribution in [-0.2, 0) is 31.2 Å². The number of nitrogens with zero attached hydrogens (tertiary/aromatic N) is 3. The van der Waals surface area contributed by atoms with E-state index in [0.29, 0.717) is 23.4 Å². The first-order chi connectivity index (χ1) is 27.3. The summed E-state index contributed by atoms with van der Waals surface area (Å²) in [5.41, 5.74) is 4.70. The number of anilines is 2. The normalized spacial score (nSPS) is 14.2. The number of hydrogen-bond donors (Lipinski definition) is 1. The Bertz CT molecular complexity index is 2070. The van der Waals surface area contributed by atoms with Gasteiger partial charge in [-0.1, -0.05) is 91.6 Å². The molecule has 2 aliphatic rings. The molecule has 2 fully saturated rings. The van der Waals surface area contributed by atoms with Gasteiger partial charge in [-0.15, -0.1) is 0 Å². The number of amides is 4. The van der Waals surface area contributed by atoms with Crippen LogP contribution in [0.25, 0.3) is 0 Å². The minimum atomic E-state index is -2.96. The minimum absolute atomic E-state index is 0. The van der Waals surface area contributed by atoms with Crippen LogP contribution in [0, 0.1) is 0 Å². The zero-order chi connectivity index (χ0) is 41.4. The number of likely N-dealkylation sites (tertiary alicyclic amines) is 1. The predicted molar refractivity (Wildman–Crippen MR) is 239 cm³/mol. The quantitative estimate of drug-likeness (QED) is 0.143. The van der Waals surface area contributed by atoms with Crippen LogP contribution in [0.4, 0.5) is 21.0 Å². The maximum absolute atomic E-state index is 13.2. The van der Waals surface area contributed by atoms with Crippen molar-refractivity contribution in [1.29, 1.82) is 0 Å². The third kappa shape index (κ3) is 15.2. The number of carbonyl (C=O) groups excluding carboxylic acids is 4. The van der Waals surface area contributed by atoms with Crippen LogP contribution in [0.15, 0.2) is 106 Å². The van der Waals surface area contributed by atoms with Crippen molar-refractivity contribution in [3.8, 4) is 0 Å². The van der Waals surface area contributed by atoms with E-state index in [-0.39, 0.29) is 56.0 Å². The van der Waals surface area contributed by atoms with E-state index in [1.807, 2.05) is 65.6 Å². The SMILES string of the molecule is C.COC(=O)c1ccc(CBr)cc1.COC(=O)c1ccc(CN(C(=O)N2CCCCC2)c2cccc(Br)c2)cc1.O=C(Nc1cccc(Br)c1)N1CCS(=O)(=O)CC1. The van der Waals surface area contributed by atoms with Gasteiger partial charge in [0, 0.05) is 51.8 Å². The number of methoxy groups -OCH3 is 2. The van der Waals surface area contributed by atoms with Crippen LogP contribution in [-0.4, -0.2) is 94.1 Å². The number of ether oxygens (including phenoxy) is 2. The highest BCUT2D eigenvalue weighted by Crippen LogP contribution is 2.25. The van der Waals surface area contributed by atoms with E-state index in [0.717, 1.165) is 57.0 Å². The highest BCUT2D eigenvalue weighted by molar-refractivity contribution is 9.10. The van der Waals surface area contributed by atoms with E-state index in [1.54, 1.807) is 41.3 Å². The molecule has 2 aliphatic heterocycles. The number of nitrogens with one attached hydrogen (secondary N) is 1. The summed E-state index contributed by atoms with van der Waals surface area (Å²) in [6.07, 6.45) is 3.27. The molecule has 2 saturated heterocycles. The molecule has 4 amide bonds. The molecule has 0 bridgehead atoms. The Kier molecular flexibility index (Phi) is 19.9. The van der Waals surface area contributed by atoms with Gasteiger partial charge in [0.1, 0.15) is 0 Å². The van der Waals surface area contributed by atoms with Crippen molar-refractivity contribution in [1.82, 2.24) is 9.80 Å². The van der Waals surface area contributed by atoms with Gasteiger partial charge in [-0.25, -0.2) is 27.6 Å². The second kappa shape index (κ2) is 24.0. The Balaban J connectivity index is 0.000000251. The van der Waals surface area contributed by atoms with E-state index in [2.05, 4.69) is 57.8 Å². The highest BCUT2D eigenvalue weighted by atomic mass is 79.9. The summed E-state index contributed by atoms with van der Waals surface area (Å²) in [5.74, 6) is -0.580. The number of benzene rings is 4. The van der Waals surface area contributed by atoms with Crippen LogP contribution in [0.3, 0.4) is 0 Å². The zero-order valence-electron chi connectivity index (χ0n) is 31.7. The third-order valence-electron chi connectivity index (χ3n) is 8.93. The van der Waals surface area contributed by atoms with Gasteiger partial charge in [0.2, 0.25) is 0 Å². The molecule has 12 nitrogen and oxygen atoms in total. The molecule has 4 aromatic carbocycles. The average Bonchev–Trinajstić information content (AvgIpc) is 3.23. The van der Waals surface area contributed by atoms with E-state index in [1.165, 1.54) is 25.5 Å². The molecule has 0 radical (unpaired) electrons.